The smallest absolute Gasteiger partial charge is 0.320 e. The summed E-state index contributed by atoms with van der Waals surface area (Å²) < 4.78 is 0. The molecule has 0 saturated carbocycles. The summed E-state index contributed by atoms with van der Waals surface area (Å²) in [4.78, 5) is 38.5. The number of carbonyl (C=O) groups is 3. The van der Waals surface area contributed by atoms with Gasteiger partial charge in [0.15, 0.2) is 0 Å². The van der Waals surface area contributed by atoms with Crippen molar-refractivity contribution in [1.82, 2.24) is 9.80 Å². The van der Waals surface area contributed by atoms with Crippen LogP contribution in [0.5, 0.6) is 0 Å². The maximum absolute atomic E-state index is 12.5. The molecule has 2 aliphatic rings. The van der Waals surface area contributed by atoms with E-state index in [2.05, 4.69) is 0 Å². The lowest BCUT2D eigenvalue weighted by Gasteiger charge is -2.29. The molecule has 0 aromatic rings. The molecular formula is C14H23N3O4. The number of nitrogens with zero attached hydrogens (tertiary/aromatic N) is 2. The van der Waals surface area contributed by atoms with Gasteiger partial charge in [-0.25, -0.2) is 4.79 Å². The van der Waals surface area contributed by atoms with Gasteiger partial charge in [-0.15, -0.1) is 0 Å². The third-order valence-electron chi connectivity index (χ3n) is 4.63. The summed E-state index contributed by atoms with van der Waals surface area (Å²) in [6.45, 7) is 3.10. The highest BCUT2D eigenvalue weighted by molar-refractivity contribution is 5.87. The van der Waals surface area contributed by atoms with E-state index in [1.54, 1.807) is 4.90 Å². The quantitative estimate of drug-likeness (QED) is 0.794. The van der Waals surface area contributed by atoms with Gasteiger partial charge in [-0.2, -0.15) is 0 Å². The number of rotatable bonds is 4. The van der Waals surface area contributed by atoms with Crippen LogP contribution in [0.1, 0.15) is 39.0 Å². The number of amides is 3. The summed E-state index contributed by atoms with van der Waals surface area (Å²) in [7, 11) is 0. The van der Waals surface area contributed by atoms with Crippen LogP contribution in [0.2, 0.25) is 0 Å². The average molecular weight is 297 g/mol. The number of primary amides is 1. The van der Waals surface area contributed by atoms with Gasteiger partial charge in [0.25, 0.3) is 0 Å². The Morgan fingerprint density at radius 3 is 2.62 bits per heavy atom. The zero-order valence-corrected chi connectivity index (χ0v) is 12.4. The van der Waals surface area contributed by atoms with E-state index in [1.807, 2.05) is 6.92 Å². The van der Waals surface area contributed by atoms with E-state index < -0.39 is 23.3 Å². The van der Waals surface area contributed by atoms with Crippen LogP contribution >= 0.6 is 0 Å². The number of hydrogen-bond acceptors (Lipinski definition) is 3. The zero-order chi connectivity index (χ0) is 15.6. The van der Waals surface area contributed by atoms with E-state index in [0.29, 0.717) is 32.4 Å². The van der Waals surface area contributed by atoms with Crippen molar-refractivity contribution in [3.8, 4) is 0 Å². The fraction of sp³-hybridized carbons (Fsp3) is 0.786. The Morgan fingerprint density at radius 1 is 1.33 bits per heavy atom. The maximum Gasteiger partial charge on any atom is 0.320 e. The lowest BCUT2D eigenvalue weighted by atomic mass is 9.83. The standard InChI is InChI=1S/C14H23N3O4/c1-2-5-14(12(19)20)6-8-16(9-14)13(21)17-7-3-4-10(17)11(15)18/h10H,2-9H2,1H3,(H2,15,18)(H,19,20). The van der Waals surface area contributed by atoms with Crippen molar-refractivity contribution in [2.24, 2.45) is 11.1 Å². The van der Waals surface area contributed by atoms with Crippen LogP contribution in [-0.2, 0) is 9.59 Å². The second-order valence-corrected chi connectivity index (χ2v) is 6.04. The normalized spacial score (nSPS) is 28.9. The van der Waals surface area contributed by atoms with Gasteiger partial charge in [-0.1, -0.05) is 13.3 Å². The molecule has 0 aromatic heterocycles. The molecule has 7 nitrogen and oxygen atoms in total. The number of aliphatic carboxylic acids is 1. The topological polar surface area (TPSA) is 104 Å². The second-order valence-electron chi connectivity index (χ2n) is 6.04. The van der Waals surface area contributed by atoms with Crippen LogP contribution in [0.15, 0.2) is 0 Å². The van der Waals surface area contributed by atoms with Gasteiger partial charge >= 0.3 is 12.0 Å². The molecule has 2 rings (SSSR count). The Labute approximate surface area is 124 Å². The Balaban J connectivity index is 2.08. The van der Waals surface area contributed by atoms with Crippen molar-refractivity contribution in [3.05, 3.63) is 0 Å². The average Bonchev–Trinajstić information content (AvgIpc) is 3.05. The molecule has 21 heavy (non-hydrogen) atoms. The fourth-order valence-corrected chi connectivity index (χ4v) is 3.47. The molecule has 3 amide bonds. The molecule has 118 valence electrons. The van der Waals surface area contributed by atoms with E-state index in [0.717, 1.165) is 12.8 Å². The Bertz CT molecular complexity index is 454. The number of nitrogens with two attached hydrogens (primary N) is 1. The predicted molar refractivity (Wildman–Crippen MR) is 75.5 cm³/mol. The van der Waals surface area contributed by atoms with Crippen molar-refractivity contribution in [1.29, 1.82) is 0 Å². The van der Waals surface area contributed by atoms with Gasteiger partial charge in [0.05, 0.1) is 5.41 Å². The Hall–Kier alpha value is -1.79. The highest BCUT2D eigenvalue weighted by atomic mass is 16.4. The van der Waals surface area contributed by atoms with Gasteiger partial charge in [0.1, 0.15) is 6.04 Å². The van der Waals surface area contributed by atoms with Crippen molar-refractivity contribution in [2.45, 2.75) is 45.1 Å². The third-order valence-corrected chi connectivity index (χ3v) is 4.63. The molecule has 0 radical (unpaired) electrons. The summed E-state index contributed by atoms with van der Waals surface area (Å²) in [5, 5.41) is 9.47. The maximum atomic E-state index is 12.5. The van der Waals surface area contributed by atoms with E-state index in [4.69, 9.17) is 5.73 Å². The summed E-state index contributed by atoms with van der Waals surface area (Å²) in [6, 6.07) is -0.806. The van der Waals surface area contributed by atoms with Gasteiger partial charge in [-0.3, -0.25) is 9.59 Å². The van der Waals surface area contributed by atoms with E-state index >= 15 is 0 Å². The molecule has 7 heteroatoms. The van der Waals surface area contributed by atoms with E-state index in [1.165, 1.54) is 4.90 Å². The number of carboxylic acids is 1. The SMILES string of the molecule is CCCC1(C(=O)O)CCN(C(=O)N2CCCC2C(N)=O)C1. The van der Waals surface area contributed by atoms with Crippen LogP contribution in [0, 0.1) is 5.41 Å². The molecule has 2 saturated heterocycles. The lowest BCUT2D eigenvalue weighted by molar-refractivity contribution is -0.148. The first-order valence-electron chi connectivity index (χ1n) is 7.49. The highest BCUT2D eigenvalue weighted by Crippen LogP contribution is 2.36. The fourth-order valence-electron chi connectivity index (χ4n) is 3.47. The minimum Gasteiger partial charge on any atom is -0.481 e. The Kier molecular flexibility index (Phi) is 4.39. The van der Waals surface area contributed by atoms with Crippen molar-refractivity contribution >= 4 is 17.9 Å². The van der Waals surface area contributed by atoms with Gasteiger partial charge in [0.2, 0.25) is 5.91 Å². The molecule has 0 aromatic carbocycles. The predicted octanol–water partition coefficient (Wildman–Crippen LogP) is 0.633. The lowest BCUT2D eigenvalue weighted by Crippen LogP contribution is -2.50. The monoisotopic (exact) mass is 297 g/mol. The second kappa shape index (κ2) is 5.91. The zero-order valence-electron chi connectivity index (χ0n) is 12.4. The van der Waals surface area contributed by atoms with Crippen LogP contribution in [0.4, 0.5) is 4.79 Å². The van der Waals surface area contributed by atoms with Crippen molar-refractivity contribution in [2.75, 3.05) is 19.6 Å². The molecule has 3 N–H and O–H groups in total. The minimum atomic E-state index is -0.841. The number of carboxylic acid groups (broad SMARTS) is 1. The summed E-state index contributed by atoms with van der Waals surface area (Å²) >= 11 is 0. The molecule has 0 aliphatic carbocycles. The molecule has 2 fully saturated rings. The molecule has 2 atom stereocenters. The van der Waals surface area contributed by atoms with Gasteiger partial charge < -0.3 is 20.6 Å². The molecule has 2 aliphatic heterocycles. The first-order valence-corrected chi connectivity index (χ1v) is 7.49. The summed E-state index contributed by atoms with van der Waals surface area (Å²) in [6.07, 6.45) is 3.14. The number of carbonyl (C=O) groups excluding carboxylic acids is 2. The summed E-state index contributed by atoms with van der Waals surface area (Å²) in [5.41, 5.74) is 4.49. The number of hydrogen-bond donors (Lipinski definition) is 2. The molecule has 2 unspecified atom stereocenters. The van der Waals surface area contributed by atoms with E-state index in [9.17, 15) is 19.5 Å². The van der Waals surface area contributed by atoms with Crippen LogP contribution in [0.25, 0.3) is 0 Å². The molecule has 0 bridgehead atoms. The van der Waals surface area contributed by atoms with Crippen molar-refractivity contribution in [3.63, 3.8) is 0 Å². The molecular weight excluding hydrogens is 274 g/mol. The first-order chi connectivity index (χ1) is 9.91. The summed E-state index contributed by atoms with van der Waals surface area (Å²) in [5.74, 6) is -1.33. The van der Waals surface area contributed by atoms with E-state index in [-0.39, 0.29) is 12.6 Å². The van der Waals surface area contributed by atoms with Crippen molar-refractivity contribution < 1.29 is 19.5 Å². The van der Waals surface area contributed by atoms with Crippen LogP contribution in [-0.4, -0.2) is 58.5 Å². The van der Waals surface area contributed by atoms with Gasteiger partial charge in [0, 0.05) is 19.6 Å². The largest absolute Gasteiger partial charge is 0.481 e. The minimum absolute atomic E-state index is 0.219. The number of likely N-dealkylation sites (tertiary alicyclic amines) is 2. The third kappa shape index (κ3) is 2.82. The number of urea groups is 1. The molecule has 2 heterocycles. The van der Waals surface area contributed by atoms with Gasteiger partial charge in [-0.05, 0) is 25.7 Å². The van der Waals surface area contributed by atoms with Crippen LogP contribution in [0.3, 0.4) is 0 Å². The Morgan fingerprint density at radius 2 is 2.05 bits per heavy atom. The molecule has 0 spiro atoms. The van der Waals surface area contributed by atoms with Crippen LogP contribution < -0.4 is 5.73 Å². The first kappa shape index (κ1) is 15.6. The highest BCUT2D eigenvalue weighted by Gasteiger charge is 2.47.